The summed E-state index contributed by atoms with van der Waals surface area (Å²) in [7, 11) is 0. The van der Waals surface area contributed by atoms with Gasteiger partial charge in [0.25, 0.3) is 0 Å². The van der Waals surface area contributed by atoms with Crippen LogP contribution in [0.25, 0.3) is 23.2 Å². The van der Waals surface area contributed by atoms with Crippen LogP contribution < -0.4 is 0 Å². The number of aromatic nitrogens is 2. The van der Waals surface area contributed by atoms with Gasteiger partial charge >= 0.3 is 0 Å². The number of hydrogen-bond donors (Lipinski definition) is 0. The van der Waals surface area contributed by atoms with E-state index in [0.29, 0.717) is 0 Å². The number of fused-ring (bicyclic) bond motifs is 1. The molecular formula is C24H31ClN2. The number of imidazole rings is 1. The molecule has 144 valence electrons. The van der Waals surface area contributed by atoms with E-state index in [1.54, 1.807) is 0 Å². The molecule has 0 N–H and O–H groups in total. The lowest BCUT2D eigenvalue weighted by Crippen LogP contribution is -2.00. The molecule has 0 unspecified atom stereocenters. The Bertz CT molecular complexity index is 821. The third-order valence-electron chi connectivity index (χ3n) is 4.89. The highest BCUT2D eigenvalue weighted by Gasteiger charge is 2.07. The van der Waals surface area contributed by atoms with Gasteiger partial charge in [0.2, 0.25) is 0 Å². The van der Waals surface area contributed by atoms with E-state index in [9.17, 15) is 0 Å². The number of hydrogen-bond acceptors (Lipinski definition) is 1. The maximum Gasteiger partial charge on any atom is 0.133 e. The minimum atomic E-state index is 0. The van der Waals surface area contributed by atoms with Gasteiger partial charge in [0.15, 0.2) is 0 Å². The van der Waals surface area contributed by atoms with Crippen LogP contribution in [0.2, 0.25) is 0 Å². The van der Waals surface area contributed by atoms with E-state index < -0.39 is 0 Å². The Morgan fingerprint density at radius 1 is 0.778 bits per heavy atom. The minimum absolute atomic E-state index is 0. The smallest absolute Gasteiger partial charge is 0.133 e. The van der Waals surface area contributed by atoms with Gasteiger partial charge < -0.3 is 4.57 Å². The third-order valence-corrected chi connectivity index (χ3v) is 4.89. The van der Waals surface area contributed by atoms with Crippen molar-refractivity contribution in [1.29, 1.82) is 0 Å². The van der Waals surface area contributed by atoms with Gasteiger partial charge in [-0.15, -0.1) is 12.4 Å². The van der Waals surface area contributed by atoms with Crippen molar-refractivity contribution < 1.29 is 0 Å². The summed E-state index contributed by atoms with van der Waals surface area (Å²) in [6.07, 6.45) is 13.6. The van der Waals surface area contributed by atoms with Crippen LogP contribution in [-0.4, -0.2) is 9.55 Å². The van der Waals surface area contributed by atoms with Crippen LogP contribution in [0.3, 0.4) is 0 Å². The molecule has 0 fully saturated rings. The topological polar surface area (TPSA) is 17.8 Å². The number of nitrogens with zero attached hydrogens (tertiary/aromatic N) is 2. The van der Waals surface area contributed by atoms with Crippen LogP contribution >= 0.6 is 12.4 Å². The standard InChI is InChI=1S/C24H30N2.ClH/c1-2-3-4-5-6-7-13-20-26-23-17-12-11-16-22(23)25-24(26)19-18-21-14-9-8-10-15-21;/h8-12,14-19H,2-7,13,20H2,1H3;1H. The Morgan fingerprint density at radius 3 is 2.22 bits per heavy atom. The van der Waals surface area contributed by atoms with Crippen LogP contribution in [0.4, 0.5) is 0 Å². The fourth-order valence-electron chi connectivity index (χ4n) is 3.42. The number of rotatable bonds is 10. The Morgan fingerprint density at radius 2 is 1.44 bits per heavy atom. The predicted molar refractivity (Wildman–Crippen MR) is 120 cm³/mol. The number of benzene rings is 2. The van der Waals surface area contributed by atoms with E-state index in [1.807, 2.05) is 6.07 Å². The summed E-state index contributed by atoms with van der Waals surface area (Å²) in [5.74, 6) is 1.06. The molecule has 0 amide bonds. The van der Waals surface area contributed by atoms with Gasteiger partial charge in [0.05, 0.1) is 11.0 Å². The van der Waals surface area contributed by atoms with E-state index >= 15 is 0 Å². The van der Waals surface area contributed by atoms with Gasteiger partial charge in [-0.3, -0.25) is 0 Å². The van der Waals surface area contributed by atoms with Gasteiger partial charge in [-0.1, -0.05) is 94.0 Å². The Labute approximate surface area is 169 Å². The molecule has 3 aromatic rings. The normalized spacial score (nSPS) is 11.1. The van der Waals surface area contributed by atoms with Gasteiger partial charge in [-0.2, -0.15) is 0 Å². The third kappa shape index (κ3) is 6.25. The zero-order valence-corrected chi connectivity index (χ0v) is 17.1. The van der Waals surface area contributed by atoms with Crippen LogP contribution in [0.1, 0.15) is 63.3 Å². The van der Waals surface area contributed by atoms with Crippen molar-refractivity contribution in [3.05, 3.63) is 66.0 Å². The summed E-state index contributed by atoms with van der Waals surface area (Å²) in [6.45, 7) is 3.32. The number of unbranched alkanes of at least 4 members (excludes halogenated alkanes) is 6. The summed E-state index contributed by atoms with van der Waals surface area (Å²) < 4.78 is 2.38. The van der Waals surface area contributed by atoms with Crippen molar-refractivity contribution >= 4 is 35.6 Å². The molecule has 0 atom stereocenters. The highest BCUT2D eigenvalue weighted by atomic mass is 35.5. The Balaban J connectivity index is 0.00000261. The number of halogens is 1. The molecule has 1 aromatic heterocycles. The first kappa shape index (κ1) is 21.2. The molecule has 0 saturated heterocycles. The molecule has 0 saturated carbocycles. The van der Waals surface area contributed by atoms with Gasteiger partial charge in [-0.05, 0) is 30.2 Å². The SMILES string of the molecule is CCCCCCCCCn1c(C=Cc2ccccc2)nc2ccccc21.Cl. The molecular weight excluding hydrogens is 352 g/mol. The van der Waals surface area contributed by atoms with E-state index in [1.165, 1.54) is 56.0 Å². The van der Waals surface area contributed by atoms with Crippen LogP contribution in [0.15, 0.2) is 54.6 Å². The van der Waals surface area contributed by atoms with Gasteiger partial charge in [-0.25, -0.2) is 4.98 Å². The Kier molecular flexibility index (Phi) is 9.13. The molecule has 0 aliphatic carbocycles. The van der Waals surface area contributed by atoms with Crippen molar-refractivity contribution in [2.75, 3.05) is 0 Å². The second-order valence-corrected chi connectivity index (χ2v) is 6.98. The summed E-state index contributed by atoms with van der Waals surface area (Å²) in [6, 6.07) is 18.9. The Hall–Kier alpha value is -2.06. The summed E-state index contributed by atoms with van der Waals surface area (Å²) in [5, 5.41) is 0. The largest absolute Gasteiger partial charge is 0.324 e. The lowest BCUT2D eigenvalue weighted by atomic mass is 10.1. The maximum absolute atomic E-state index is 4.84. The first-order valence-electron chi connectivity index (χ1n) is 10.1. The van der Waals surface area contributed by atoms with Crippen LogP contribution in [0.5, 0.6) is 0 Å². The fraction of sp³-hybridized carbons (Fsp3) is 0.375. The summed E-state index contributed by atoms with van der Waals surface area (Å²) in [4.78, 5) is 4.84. The second kappa shape index (κ2) is 11.6. The van der Waals surface area contributed by atoms with Crippen molar-refractivity contribution in [3.63, 3.8) is 0 Å². The zero-order valence-electron chi connectivity index (χ0n) is 16.3. The molecule has 0 spiro atoms. The lowest BCUT2D eigenvalue weighted by Gasteiger charge is -2.07. The van der Waals surface area contributed by atoms with Gasteiger partial charge in [0, 0.05) is 6.54 Å². The molecule has 1 heterocycles. The van der Waals surface area contributed by atoms with Crippen LogP contribution in [-0.2, 0) is 6.54 Å². The molecule has 0 aliphatic heterocycles. The number of aryl methyl sites for hydroxylation is 1. The molecule has 2 nitrogen and oxygen atoms in total. The highest BCUT2D eigenvalue weighted by molar-refractivity contribution is 5.85. The summed E-state index contributed by atoms with van der Waals surface area (Å²) >= 11 is 0. The lowest BCUT2D eigenvalue weighted by molar-refractivity contribution is 0.554. The average Bonchev–Trinajstić information content (AvgIpc) is 3.04. The first-order valence-corrected chi connectivity index (χ1v) is 10.1. The van der Waals surface area contributed by atoms with E-state index in [0.717, 1.165) is 17.9 Å². The van der Waals surface area contributed by atoms with Crippen molar-refractivity contribution in [2.45, 2.75) is 58.4 Å². The van der Waals surface area contributed by atoms with E-state index in [-0.39, 0.29) is 12.4 Å². The molecule has 3 rings (SSSR count). The maximum atomic E-state index is 4.84. The van der Waals surface area contributed by atoms with Crippen LogP contribution in [0, 0.1) is 0 Å². The van der Waals surface area contributed by atoms with E-state index in [2.05, 4.69) is 72.2 Å². The summed E-state index contributed by atoms with van der Waals surface area (Å²) in [5.41, 5.74) is 3.54. The quantitative estimate of drug-likeness (QED) is 0.334. The highest BCUT2D eigenvalue weighted by Crippen LogP contribution is 2.19. The fourth-order valence-corrected chi connectivity index (χ4v) is 3.42. The van der Waals surface area contributed by atoms with Crippen molar-refractivity contribution in [2.24, 2.45) is 0 Å². The van der Waals surface area contributed by atoms with Crippen molar-refractivity contribution in [1.82, 2.24) is 9.55 Å². The first-order chi connectivity index (χ1) is 12.9. The average molecular weight is 383 g/mol. The van der Waals surface area contributed by atoms with E-state index in [4.69, 9.17) is 4.98 Å². The molecule has 27 heavy (non-hydrogen) atoms. The molecule has 3 heteroatoms. The molecule has 2 aromatic carbocycles. The second-order valence-electron chi connectivity index (χ2n) is 6.98. The minimum Gasteiger partial charge on any atom is -0.324 e. The van der Waals surface area contributed by atoms with Gasteiger partial charge in [0.1, 0.15) is 5.82 Å². The monoisotopic (exact) mass is 382 g/mol. The molecule has 0 radical (unpaired) electrons. The molecule has 0 bridgehead atoms. The number of para-hydroxylation sites is 2. The zero-order chi connectivity index (χ0) is 18.0. The molecule has 0 aliphatic rings. The van der Waals surface area contributed by atoms with Crippen molar-refractivity contribution in [3.8, 4) is 0 Å². The predicted octanol–water partition coefficient (Wildman–Crippen LogP) is 7.38.